The summed E-state index contributed by atoms with van der Waals surface area (Å²) in [6, 6.07) is 43.2. The van der Waals surface area contributed by atoms with Crippen molar-refractivity contribution in [2.24, 2.45) is 0 Å². The normalized spacial score (nSPS) is 14.7. The Morgan fingerprint density at radius 3 is 1.53 bits per heavy atom. The molecule has 0 bridgehead atoms. The molecule has 0 amide bonds. The number of benzene rings is 4. The fourth-order valence-corrected chi connectivity index (χ4v) is 4.60. The number of hydrogen-bond donors (Lipinski definition) is 0. The minimum atomic E-state index is -0.203. The number of pyridine rings is 1. The van der Waals surface area contributed by atoms with Gasteiger partial charge < -0.3 is 0 Å². The van der Waals surface area contributed by atoms with E-state index in [-0.39, 0.29) is 11.9 Å². The molecule has 0 aliphatic carbocycles. The van der Waals surface area contributed by atoms with Gasteiger partial charge in [-0.15, -0.1) is 0 Å². The summed E-state index contributed by atoms with van der Waals surface area (Å²) >= 11 is 0. The molecule has 4 aromatic carbocycles. The van der Waals surface area contributed by atoms with Crippen LogP contribution in [0.25, 0.3) is 33.6 Å². The van der Waals surface area contributed by atoms with Gasteiger partial charge in [-0.2, -0.15) is 5.01 Å². The van der Waals surface area contributed by atoms with Crippen molar-refractivity contribution in [2.75, 3.05) is 11.6 Å². The highest BCUT2D eigenvalue weighted by atomic mass is 19.1. The van der Waals surface area contributed by atoms with E-state index in [9.17, 15) is 4.39 Å². The Bertz CT molecular complexity index is 1360. The first-order valence-electron chi connectivity index (χ1n) is 11.6. The van der Waals surface area contributed by atoms with Crippen LogP contribution in [0.3, 0.4) is 0 Å². The third kappa shape index (κ3) is 3.86. The van der Waals surface area contributed by atoms with Gasteiger partial charge in [0.15, 0.2) is 0 Å². The molecule has 1 aliphatic heterocycles. The SMILES string of the molecule is Fc1ccc(C2CN2[n+]2c(-c3ccccc3)cc(-c3ccccc3)cc2-c2ccccc2)cc1. The van der Waals surface area contributed by atoms with Gasteiger partial charge in [-0.05, 0) is 53.1 Å². The summed E-state index contributed by atoms with van der Waals surface area (Å²) in [4.78, 5) is 0. The summed E-state index contributed by atoms with van der Waals surface area (Å²) in [5.74, 6) is -0.203. The summed E-state index contributed by atoms with van der Waals surface area (Å²) in [6.45, 7) is 0.876. The van der Waals surface area contributed by atoms with Gasteiger partial charge in [0.1, 0.15) is 18.4 Å². The van der Waals surface area contributed by atoms with Crippen LogP contribution in [0, 0.1) is 5.82 Å². The Balaban J connectivity index is 1.57. The molecule has 0 spiro atoms. The first-order valence-corrected chi connectivity index (χ1v) is 11.6. The Labute approximate surface area is 199 Å². The molecule has 1 fully saturated rings. The fraction of sp³-hybridized carbons (Fsp3) is 0.0645. The summed E-state index contributed by atoms with van der Waals surface area (Å²) < 4.78 is 15.9. The molecule has 2 heterocycles. The average molecular weight is 444 g/mol. The molecule has 6 rings (SSSR count). The molecule has 1 aliphatic rings. The molecule has 3 heteroatoms. The van der Waals surface area contributed by atoms with E-state index < -0.39 is 0 Å². The van der Waals surface area contributed by atoms with Crippen LogP contribution in [-0.2, 0) is 0 Å². The zero-order valence-electron chi connectivity index (χ0n) is 18.7. The lowest BCUT2D eigenvalue weighted by atomic mass is 9.99. The van der Waals surface area contributed by atoms with Gasteiger partial charge in [0.05, 0.1) is 0 Å². The second-order valence-electron chi connectivity index (χ2n) is 8.61. The van der Waals surface area contributed by atoms with Crippen LogP contribution in [-0.4, -0.2) is 6.54 Å². The van der Waals surface area contributed by atoms with Crippen molar-refractivity contribution in [3.05, 3.63) is 139 Å². The summed E-state index contributed by atoms with van der Waals surface area (Å²) in [5, 5.41) is 2.35. The number of nitrogens with zero attached hydrogens (tertiary/aromatic N) is 2. The maximum absolute atomic E-state index is 13.5. The molecule has 0 saturated carbocycles. The standard InChI is InChI=1S/C31H24FN2/c32-28-18-16-26(17-19-28)31-22-33(31)34-29(24-12-6-2-7-13-24)20-27(23-10-4-1-5-11-23)21-30(34)25-14-8-3-9-15-25/h1-21,31H,22H2/q+1. The van der Waals surface area contributed by atoms with E-state index in [1.807, 2.05) is 30.3 Å². The monoisotopic (exact) mass is 443 g/mol. The van der Waals surface area contributed by atoms with E-state index in [1.165, 1.54) is 11.1 Å². The molecule has 164 valence electrons. The number of hydrogen-bond acceptors (Lipinski definition) is 1. The minimum absolute atomic E-state index is 0.203. The molecule has 1 atom stereocenters. The van der Waals surface area contributed by atoms with Crippen molar-refractivity contribution in [1.82, 2.24) is 0 Å². The number of halogens is 1. The fourth-order valence-electron chi connectivity index (χ4n) is 4.60. The van der Waals surface area contributed by atoms with Gasteiger partial charge in [-0.25, -0.2) is 4.39 Å². The first kappa shape index (κ1) is 20.4. The molecule has 1 saturated heterocycles. The van der Waals surface area contributed by atoms with Crippen molar-refractivity contribution in [1.29, 1.82) is 0 Å². The molecule has 5 aromatic rings. The third-order valence-corrected chi connectivity index (χ3v) is 6.38. The molecule has 34 heavy (non-hydrogen) atoms. The van der Waals surface area contributed by atoms with E-state index in [1.54, 1.807) is 12.1 Å². The van der Waals surface area contributed by atoms with E-state index in [0.717, 1.165) is 34.6 Å². The van der Waals surface area contributed by atoms with Crippen molar-refractivity contribution in [3.8, 4) is 33.6 Å². The van der Waals surface area contributed by atoms with Gasteiger partial charge in [0.2, 0.25) is 11.4 Å². The van der Waals surface area contributed by atoms with Crippen LogP contribution in [0.4, 0.5) is 4.39 Å². The van der Waals surface area contributed by atoms with Crippen LogP contribution < -0.4 is 9.69 Å². The molecule has 2 nitrogen and oxygen atoms in total. The van der Waals surface area contributed by atoms with Gasteiger partial charge >= 0.3 is 0 Å². The maximum Gasteiger partial charge on any atom is 0.243 e. The zero-order chi connectivity index (χ0) is 22.9. The minimum Gasteiger partial charge on any atom is -0.207 e. The predicted molar refractivity (Wildman–Crippen MR) is 135 cm³/mol. The van der Waals surface area contributed by atoms with Crippen LogP contribution in [0.1, 0.15) is 11.6 Å². The lowest BCUT2D eigenvalue weighted by Gasteiger charge is -2.13. The van der Waals surface area contributed by atoms with Gasteiger partial charge in [-0.1, -0.05) is 83.5 Å². The maximum atomic E-state index is 13.5. The smallest absolute Gasteiger partial charge is 0.207 e. The molecule has 0 N–H and O–H groups in total. The summed E-state index contributed by atoms with van der Waals surface area (Å²) in [6.07, 6.45) is 0. The Hall–Kier alpha value is -4.24. The summed E-state index contributed by atoms with van der Waals surface area (Å²) in [5.41, 5.74) is 8.05. The van der Waals surface area contributed by atoms with E-state index in [0.29, 0.717) is 0 Å². The van der Waals surface area contributed by atoms with E-state index in [4.69, 9.17) is 0 Å². The molecule has 1 unspecified atom stereocenters. The molecule has 1 aromatic heterocycles. The largest absolute Gasteiger partial charge is 0.243 e. The second kappa shape index (κ2) is 8.60. The van der Waals surface area contributed by atoms with Crippen LogP contribution in [0.5, 0.6) is 0 Å². The van der Waals surface area contributed by atoms with Crippen LogP contribution >= 0.6 is 0 Å². The lowest BCUT2D eigenvalue weighted by molar-refractivity contribution is -0.655. The second-order valence-corrected chi connectivity index (χ2v) is 8.61. The Kier molecular flexibility index (Phi) is 5.15. The van der Waals surface area contributed by atoms with Gasteiger partial charge in [-0.3, -0.25) is 0 Å². The highest BCUT2D eigenvalue weighted by Gasteiger charge is 2.46. The van der Waals surface area contributed by atoms with Crippen molar-refractivity contribution in [2.45, 2.75) is 6.04 Å². The summed E-state index contributed by atoms with van der Waals surface area (Å²) in [7, 11) is 0. The predicted octanol–water partition coefficient (Wildman–Crippen LogP) is 6.81. The zero-order valence-corrected chi connectivity index (χ0v) is 18.7. The number of rotatable bonds is 5. The van der Waals surface area contributed by atoms with Crippen LogP contribution in [0.2, 0.25) is 0 Å². The molecule has 0 radical (unpaired) electrons. The number of aromatic nitrogens is 1. The topological polar surface area (TPSA) is 6.89 Å². The lowest BCUT2D eigenvalue weighted by Crippen LogP contribution is -2.49. The molecular weight excluding hydrogens is 419 g/mol. The average Bonchev–Trinajstić information content (AvgIpc) is 3.70. The van der Waals surface area contributed by atoms with Crippen molar-refractivity contribution in [3.63, 3.8) is 0 Å². The Morgan fingerprint density at radius 2 is 1.03 bits per heavy atom. The van der Waals surface area contributed by atoms with Crippen molar-refractivity contribution >= 4 is 0 Å². The quantitative estimate of drug-likeness (QED) is 0.214. The first-order chi connectivity index (χ1) is 16.8. The van der Waals surface area contributed by atoms with Gasteiger partial charge in [0.25, 0.3) is 0 Å². The third-order valence-electron chi connectivity index (χ3n) is 6.38. The van der Waals surface area contributed by atoms with Crippen LogP contribution in [0.15, 0.2) is 127 Å². The molecular formula is C31H24FN2+. The Morgan fingerprint density at radius 1 is 0.559 bits per heavy atom. The van der Waals surface area contributed by atoms with E-state index >= 15 is 0 Å². The highest BCUT2D eigenvalue weighted by Crippen LogP contribution is 2.35. The van der Waals surface area contributed by atoms with Gasteiger partial charge in [0, 0.05) is 23.3 Å². The van der Waals surface area contributed by atoms with Crippen molar-refractivity contribution < 1.29 is 9.07 Å². The highest BCUT2D eigenvalue weighted by molar-refractivity contribution is 5.74. The van der Waals surface area contributed by atoms with E-state index in [2.05, 4.69) is 94.6 Å².